The van der Waals surface area contributed by atoms with Gasteiger partial charge in [0.25, 0.3) is 0 Å². The molecule has 1 radical (unpaired) electrons. The highest BCUT2D eigenvalue weighted by atomic mass is 13.9. The molecule has 0 unspecified atom stereocenters. The molecule has 0 N–H and O–H groups in total. The molecule has 1 rings (SSSR count). The molecule has 0 fully saturated rings. The molecule has 0 saturated heterocycles. The van der Waals surface area contributed by atoms with Crippen molar-refractivity contribution in [2.75, 3.05) is 0 Å². The lowest BCUT2D eigenvalue weighted by Gasteiger charge is -1.96. The van der Waals surface area contributed by atoms with Gasteiger partial charge in [0, 0.05) is 0 Å². The van der Waals surface area contributed by atoms with Crippen molar-refractivity contribution in [1.29, 1.82) is 0 Å². The average molecular weight is 133 g/mol. The van der Waals surface area contributed by atoms with E-state index in [1.54, 1.807) is 0 Å². The molecule has 0 heterocycles. The first-order valence-electron chi connectivity index (χ1n) is 3.79. The van der Waals surface area contributed by atoms with E-state index in [0.717, 1.165) is 12.8 Å². The zero-order valence-corrected chi connectivity index (χ0v) is 6.38. The number of hydrogen-bond donors (Lipinski definition) is 0. The Bertz CT molecular complexity index is 165. The van der Waals surface area contributed by atoms with E-state index in [1.807, 2.05) is 0 Å². The van der Waals surface area contributed by atoms with Crippen molar-refractivity contribution in [2.45, 2.75) is 19.8 Å². The summed E-state index contributed by atoms with van der Waals surface area (Å²) >= 11 is 0. The zero-order chi connectivity index (χ0) is 7.23. The van der Waals surface area contributed by atoms with Gasteiger partial charge in [-0.25, -0.2) is 0 Å². The predicted molar refractivity (Wildman–Crippen MR) is 44.7 cm³/mol. The van der Waals surface area contributed by atoms with Gasteiger partial charge in [0.05, 0.1) is 0 Å². The molecular weight excluding hydrogens is 120 g/mol. The van der Waals surface area contributed by atoms with Crippen LogP contribution in [0.4, 0.5) is 0 Å². The summed E-state index contributed by atoms with van der Waals surface area (Å²) in [5.41, 5.74) is 1.41. The maximum Gasteiger partial charge on any atom is -0.0248 e. The van der Waals surface area contributed by atoms with Gasteiger partial charge >= 0.3 is 0 Å². The molecule has 0 saturated carbocycles. The molecule has 10 heavy (non-hydrogen) atoms. The lowest BCUT2D eigenvalue weighted by atomic mass is 10.1. The van der Waals surface area contributed by atoms with Gasteiger partial charge in [-0.3, -0.25) is 0 Å². The van der Waals surface area contributed by atoms with Gasteiger partial charge in [0.15, 0.2) is 0 Å². The SMILES string of the molecule is CC[CH]Cc1ccccc1. The summed E-state index contributed by atoms with van der Waals surface area (Å²) in [5, 5.41) is 0. The number of hydrogen-bond acceptors (Lipinski definition) is 0. The minimum Gasteiger partial charge on any atom is -0.0651 e. The Hall–Kier alpha value is -0.780. The fourth-order valence-electron chi connectivity index (χ4n) is 0.925. The van der Waals surface area contributed by atoms with Gasteiger partial charge < -0.3 is 0 Å². The Morgan fingerprint density at radius 3 is 2.50 bits per heavy atom. The first kappa shape index (κ1) is 7.33. The summed E-state index contributed by atoms with van der Waals surface area (Å²) in [5.74, 6) is 0. The monoisotopic (exact) mass is 133 g/mol. The quantitative estimate of drug-likeness (QED) is 0.594. The fourth-order valence-corrected chi connectivity index (χ4v) is 0.925. The predicted octanol–water partition coefficient (Wildman–Crippen LogP) is 2.84. The molecule has 0 bridgehead atoms. The Morgan fingerprint density at radius 2 is 1.90 bits per heavy atom. The van der Waals surface area contributed by atoms with Gasteiger partial charge in [0.2, 0.25) is 0 Å². The first-order chi connectivity index (χ1) is 4.93. The Balaban J connectivity index is 2.43. The van der Waals surface area contributed by atoms with Crippen molar-refractivity contribution in [2.24, 2.45) is 0 Å². The van der Waals surface area contributed by atoms with Crippen LogP contribution in [-0.4, -0.2) is 0 Å². The molecule has 0 aliphatic rings. The van der Waals surface area contributed by atoms with Crippen LogP contribution >= 0.6 is 0 Å². The van der Waals surface area contributed by atoms with E-state index in [1.165, 1.54) is 5.56 Å². The maximum absolute atomic E-state index is 2.29. The maximum atomic E-state index is 2.29. The van der Waals surface area contributed by atoms with Crippen LogP contribution < -0.4 is 0 Å². The molecule has 0 aliphatic carbocycles. The van der Waals surface area contributed by atoms with Gasteiger partial charge in [-0.05, 0) is 18.4 Å². The van der Waals surface area contributed by atoms with Crippen LogP contribution in [0.1, 0.15) is 18.9 Å². The van der Waals surface area contributed by atoms with Crippen molar-refractivity contribution in [3.8, 4) is 0 Å². The van der Waals surface area contributed by atoms with Crippen molar-refractivity contribution >= 4 is 0 Å². The van der Waals surface area contributed by atoms with Crippen LogP contribution in [0.15, 0.2) is 30.3 Å². The van der Waals surface area contributed by atoms with Crippen molar-refractivity contribution in [3.63, 3.8) is 0 Å². The second kappa shape index (κ2) is 4.10. The lowest BCUT2D eigenvalue weighted by molar-refractivity contribution is 0.998. The van der Waals surface area contributed by atoms with Crippen LogP contribution in [0.3, 0.4) is 0 Å². The van der Waals surface area contributed by atoms with Crippen molar-refractivity contribution < 1.29 is 0 Å². The molecule has 0 atom stereocenters. The minimum absolute atomic E-state index is 1.11. The van der Waals surface area contributed by atoms with E-state index in [2.05, 4.69) is 43.7 Å². The van der Waals surface area contributed by atoms with Crippen LogP contribution in [0.2, 0.25) is 0 Å². The van der Waals surface area contributed by atoms with E-state index < -0.39 is 0 Å². The van der Waals surface area contributed by atoms with Gasteiger partial charge in [-0.1, -0.05) is 43.7 Å². The normalized spacial score (nSPS) is 9.70. The van der Waals surface area contributed by atoms with Crippen LogP contribution in [0, 0.1) is 6.42 Å². The summed E-state index contributed by atoms with van der Waals surface area (Å²) in [6, 6.07) is 10.5. The van der Waals surface area contributed by atoms with Gasteiger partial charge in [0.1, 0.15) is 0 Å². The molecular formula is C10H13. The smallest absolute Gasteiger partial charge is 0.0248 e. The molecule has 0 nitrogen and oxygen atoms in total. The summed E-state index contributed by atoms with van der Waals surface area (Å²) < 4.78 is 0. The standard InChI is InChI=1S/C10H13/c1-2-3-7-10-8-5-4-6-9-10/h3-6,8-9H,2,7H2,1H3. The Labute approximate surface area is 62.9 Å². The largest absolute Gasteiger partial charge is 0.0651 e. The molecule has 0 spiro atoms. The molecule has 53 valence electrons. The van der Waals surface area contributed by atoms with Gasteiger partial charge in [-0.2, -0.15) is 0 Å². The third-order valence-electron chi connectivity index (χ3n) is 1.51. The topological polar surface area (TPSA) is 0 Å². The highest BCUT2D eigenvalue weighted by molar-refractivity contribution is 5.16. The highest BCUT2D eigenvalue weighted by Gasteiger charge is 1.87. The third kappa shape index (κ3) is 2.22. The van der Waals surface area contributed by atoms with Crippen molar-refractivity contribution in [3.05, 3.63) is 42.3 Å². The second-order valence-electron chi connectivity index (χ2n) is 2.39. The van der Waals surface area contributed by atoms with Crippen LogP contribution in [0.5, 0.6) is 0 Å². The third-order valence-corrected chi connectivity index (χ3v) is 1.51. The highest BCUT2D eigenvalue weighted by Crippen LogP contribution is 2.02. The molecule has 1 aromatic rings. The van der Waals surface area contributed by atoms with Crippen LogP contribution in [0.25, 0.3) is 0 Å². The summed E-state index contributed by atoms with van der Waals surface area (Å²) in [4.78, 5) is 0. The number of rotatable bonds is 3. The fraction of sp³-hybridized carbons (Fsp3) is 0.300. The zero-order valence-electron chi connectivity index (χ0n) is 6.38. The molecule has 0 aromatic heterocycles. The van der Waals surface area contributed by atoms with Crippen LogP contribution in [-0.2, 0) is 6.42 Å². The van der Waals surface area contributed by atoms with E-state index in [4.69, 9.17) is 0 Å². The minimum atomic E-state index is 1.11. The lowest BCUT2D eigenvalue weighted by Crippen LogP contribution is -1.82. The average Bonchev–Trinajstić information content (AvgIpc) is 2.03. The molecule has 1 aromatic carbocycles. The van der Waals surface area contributed by atoms with E-state index in [9.17, 15) is 0 Å². The van der Waals surface area contributed by atoms with Gasteiger partial charge in [-0.15, -0.1) is 0 Å². The first-order valence-corrected chi connectivity index (χ1v) is 3.79. The van der Waals surface area contributed by atoms with E-state index in [-0.39, 0.29) is 0 Å². The van der Waals surface area contributed by atoms with E-state index in [0.29, 0.717) is 0 Å². The van der Waals surface area contributed by atoms with E-state index >= 15 is 0 Å². The number of benzene rings is 1. The Morgan fingerprint density at radius 1 is 1.20 bits per heavy atom. The summed E-state index contributed by atoms with van der Waals surface area (Å²) in [6.45, 7) is 2.17. The Kier molecular flexibility index (Phi) is 3.01. The number of unbranched alkanes of at least 4 members (excludes halogenated alkanes) is 1. The molecule has 0 amide bonds. The molecule has 0 heteroatoms. The molecule has 0 aliphatic heterocycles. The summed E-state index contributed by atoms with van der Waals surface area (Å²) in [7, 11) is 0. The second-order valence-corrected chi connectivity index (χ2v) is 2.39. The summed E-state index contributed by atoms with van der Waals surface area (Å²) in [6.07, 6.45) is 4.56. The van der Waals surface area contributed by atoms with Crippen molar-refractivity contribution in [1.82, 2.24) is 0 Å².